The minimum absolute atomic E-state index is 0.0943. The summed E-state index contributed by atoms with van der Waals surface area (Å²) in [5, 5.41) is 3.64. The largest absolute Gasteiger partial charge is 0.495 e. The number of halogens is 1. The predicted molar refractivity (Wildman–Crippen MR) is 105 cm³/mol. The highest BCUT2D eigenvalue weighted by Crippen LogP contribution is 2.27. The fourth-order valence-electron chi connectivity index (χ4n) is 2.88. The number of aryl methyl sites for hydroxylation is 2. The van der Waals surface area contributed by atoms with Gasteiger partial charge in [-0.05, 0) is 44.2 Å². The first-order chi connectivity index (χ1) is 12.4. The van der Waals surface area contributed by atoms with Crippen LogP contribution in [0.5, 0.6) is 5.75 Å². The van der Waals surface area contributed by atoms with Crippen LogP contribution in [-0.4, -0.2) is 17.6 Å². The number of anilines is 1. The average Bonchev–Trinajstić information content (AvgIpc) is 2.62. The minimum Gasteiger partial charge on any atom is -0.495 e. The molecule has 0 aliphatic heterocycles. The first-order valence-electron chi connectivity index (χ1n) is 8.23. The van der Waals surface area contributed by atoms with Crippen molar-refractivity contribution in [2.75, 3.05) is 12.4 Å². The molecule has 1 aromatic heterocycles. The number of carbonyl (C=O) groups is 1. The van der Waals surface area contributed by atoms with Crippen LogP contribution in [0.15, 0.2) is 47.4 Å². The van der Waals surface area contributed by atoms with E-state index in [0.29, 0.717) is 28.4 Å². The maximum Gasteiger partial charge on any atom is 0.261 e. The van der Waals surface area contributed by atoms with Crippen LogP contribution in [-0.2, 0) is 6.54 Å². The molecule has 0 bridgehead atoms. The lowest BCUT2D eigenvalue weighted by Gasteiger charge is -2.13. The van der Waals surface area contributed by atoms with Crippen molar-refractivity contribution in [1.82, 2.24) is 4.57 Å². The van der Waals surface area contributed by atoms with Crippen molar-refractivity contribution in [3.63, 3.8) is 0 Å². The van der Waals surface area contributed by atoms with Crippen LogP contribution in [0.1, 0.15) is 22.8 Å². The number of ether oxygens (including phenoxy) is 1. The normalized spacial score (nSPS) is 10.8. The smallest absolute Gasteiger partial charge is 0.261 e. The van der Waals surface area contributed by atoms with Crippen molar-refractivity contribution < 1.29 is 9.53 Å². The van der Waals surface area contributed by atoms with E-state index in [0.717, 1.165) is 11.1 Å². The van der Waals surface area contributed by atoms with Crippen LogP contribution >= 0.6 is 11.6 Å². The fraction of sp³-hybridized carbons (Fsp3) is 0.200. The Hall–Kier alpha value is -2.79. The van der Waals surface area contributed by atoms with Gasteiger partial charge in [0.2, 0.25) is 5.43 Å². The Morgan fingerprint density at radius 3 is 2.65 bits per heavy atom. The summed E-state index contributed by atoms with van der Waals surface area (Å²) in [6, 6.07) is 10.6. The molecule has 0 fully saturated rings. The molecule has 0 spiro atoms. The zero-order valence-electron chi connectivity index (χ0n) is 14.8. The Labute approximate surface area is 156 Å². The lowest BCUT2D eigenvalue weighted by Crippen LogP contribution is -2.24. The van der Waals surface area contributed by atoms with Crippen molar-refractivity contribution in [2.24, 2.45) is 0 Å². The summed E-state index contributed by atoms with van der Waals surface area (Å²) >= 11 is 6.09. The summed E-state index contributed by atoms with van der Waals surface area (Å²) in [6.07, 6.45) is 1.60. The molecule has 26 heavy (non-hydrogen) atoms. The molecule has 1 heterocycles. The molecule has 3 rings (SSSR count). The van der Waals surface area contributed by atoms with Crippen LogP contribution in [0, 0.1) is 6.92 Å². The molecule has 0 saturated carbocycles. The Kier molecular flexibility index (Phi) is 5.00. The first-order valence-corrected chi connectivity index (χ1v) is 8.61. The van der Waals surface area contributed by atoms with E-state index in [4.69, 9.17) is 16.3 Å². The molecule has 5 nitrogen and oxygen atoms in total. The fourth-order valence-corrected chi connectivity index (χ4v) is 3.13. The molecule has 0 aliphatic carbocycles. The molecule has 134 valence electrons. The van der Waals surface area contributed by atoms with Crippen molar-refractivity contribution in [3.8, 4) is 5.75 Å². The van der Waals surface area contributed by atoms with Gasteiger partial charge in [0, 0.05) is 23.8 Å². The number of fused-ring (bicyclic) bond motifs is 1. The first kappa shape index (κ1) is 18.0. The lowest BCUT2D eigenvalue weighted by atomic mass is 10.1. The minimum atomic E-state index is -0.471. The molecule has 3 aromatic rings. The summed E-state index contributed by atoms with van der Waals surface area (Å²) in [5.41, 5.74) is 2.08. The zero-order valence-corrected chi connectivity index (χ0v) is 15.6. The van der Waals surface area contributed by atoms with Crippen LogP contribution < -0.4 is 15.5 Å². The van der Waals surface area contributed by atoms with Gasteiger partial charge in [-0.15, -0.1) is 0 Å². The van der Waals surface area contributed by atoms with Crippen LogP contribution in [0.2, 0.25) is 5.02 Å². The summed E-state index contributed by atoms with van der Waals surface area (Å²) in [4.78, 5) is 25.5. The van der Waals surface area contributed by atoms with Crippen molar-refractivity contribution in [1.29, 1.82) is 0 Å². The highest BCUT2D eigenvalue weighted by Gasteiger charge is 2.16. The molecule has 0 saturated heterocycles. The van der Waals surface area contributed by atoms with Crippen LogP contribution in [0.3, 0.4) is 0 Å². The number of pyridine rings is 1. The van der Waals surface area contributed by atoms with Gasteiger partial charge in [0.1, 0.15) is 11.3 Å². The van der Waals surface area contributed by atoms with Gasteiger partial charge in [-0.2, -0.15) is 0 Å². The highest BCUT2D eigenvalue weighted by atomic mass is 35.5. The molecule has 0 unspecified atom stereocenters. The molecule has 2 aromatic carbocycles. The lowest BCUT2D eigenvalue weighted by molar-refractivity contribution is 0.102. The van der Waals surface area contributed by atoms with E-state index < -0.39 is 5.91 Å². The van der Waals surface area contributed by atoms with Gasteiger partial charge in [-0.3, -0.25) is 9.59 Å². The zero-order chi connectivity index (χ0) is 18.8. The van der Waals surface area contributed by atoms with Crippen LogP contribution in [0.4, 0.5) is 5.69 Å². The van der Waals surface area contributed by atoms with E-state index in [-0.39, 0.29) is 11.0 Å². The monoisotopic (exact) mass is 370 g/mol. The second kappa shape index (κ2) is 7.22. The number of amides is 1. The Morgan fingerprint density at radius 1 is 1.23 bits per heavy atom. The average molecular weight is 371 g/mol. The summed E-state index contributed by atoms with van der Waals surface area (Å²) in [5.74, 6) is 0.0426. The van der Waals surface area contributed by atoms with E-state index in [1.165, 1.54) is 7.11 Å². The van der Waals surface area contributed by atoms with Crippen molar-refractivity contribution in [3.05, 3.63) is 69.0 Å². The van der Waals surface area contributed by atoms with E-state index in [1.54, 1.807) is 24.4 Å². The second-order valence-electron chi connectivity index (χ2n) is 5.98. The Morgan fingerprint density at radius 2 is 2.00 bits per heavy atom. The molecule has 1 amide bonds. The van der Waals surface area contributed by atoms with E-state index >= 15 is 0 Å². The van der Waals surface area contributed by atoms with Gasteiger partial charge in [0.25, 0.3) is 5.91 Å². The number of nitrogens with zero attached hydrogens (tertiary/aromatic N) is 1. The van der Waals surface area contributed by atoms with E-state index in [1.807, 2.05) is 36.6 Å². The number of nitrogens with one attached hydrogen (secondary N) is 1. The number of methoxy groups -OCH3 is 1. The summed E-state index contributed by atoms with van der Waals surface area (Å²) in [6.45, 7) is 4.53. The molecule has 0 aliphatic rings. The maximum atomic E-state index is 12.8. The van der Waals surface area contributed by atoms with E-state index in [2.05, 4.69) is 5.32 Å². The Bertz CT molecular complexity index is 1060. The van der Waals surface area contributed by atoms with Gasteiger partial charge in [-0.1, -0.05) is 23.2 Å². The molecule has 1 N–H and O–H groups in total. The summed E-state index contributed by atoms with van der Waals surface area (Å²) < 4.78 is 7.00. The highest BCUT2D eigenvalue weighted by molar-refractivity contribution is 6.32. The molecule has 6 heteroatoms. The SMILES string of the molecule is CCn1cc(C(=O)Nc2ccc(OC)c(Cl)c2)c(=O)c2cc(C)ccc21. The Balaban J connectivity index is 2.04. The molecular weight excluding hydrogens is 352 g/mol. The number of carbonyl (C=O) groups excluding carboxylic acids is 1. The third kappa shape index (κ3) is 3.30. The third-order valence-electron chi connectivity index (χ3n) is 4.23. The third-order valence-corrected chi connectivity index (χ3v) is 4.53. The van der Waals surface area contributed by atoms with Gasteiger partial charge in [0.15, 0.2) is 0 Å². The quantitative estimate of drug-likeness (QED) is 0.747. The van der Waals surface area contributed by atoms with Gasteiger partial charge >= 0.3 is 0 Å². The summed E-state index contributed by atoms with van der Waals surface area (Å²) in [7, 11) is 1.52. The van der Waals surface area contributed by atoms with E-state index in [9.17, 15) is 9.59 Å². The molecule has 0 atom stereocenters. The van der Waals surface area contributed by atoms with Crippen molar-refractivity contribution >= 4 is 34.1 Å². The topological polar surface area (TPSA) is 60.3 Å². The molecular formula is C20H19ClN2O3. The second-order valence-corrected chi connectivity index (χ2v) is 6.39. The predicted octanol–water partition coefficient (Wildman–Crippen LogP) is 4.24. The number of benzene rings is 2. The number of hydrogen-bond acceptors (Lipinski definition) is 3. The van der Waals surface area contributed by atoms with Gasteiger partial charge in [0.05, 0.1) is 17.6 Å². The number of rotatable bonds is 4. The van der Waals surface area contributed by atoms with Gasteiger partial charge in [-0.25, -0.2) is 0 Å². The standard InChI is InChI=1S/C20H19ClN2O3/c1-4-23-11-15(19(24)14-9-12(2)5-7-17(14)23)20(25)22-13-6-8-18(26-3)16(21)10-13/h5-11H,4H2,1-3H3,(H,22,25). The number of hydrogen-bond donors (Lipinski definition) is 1. The van der Waals surface area contributed by atoms with Crippen LogP contribution in [0.25, 0.3) is 10.9 Å². The van der Waals surface area contributed by atoms with Crippen molar-refractivity contribution in [2.45, 2.75) is 20.4 Å². The van der Waals surface area contributed by atoms with Gasteiger partial charge < -0.3 is 14.6 Å². The maximum absolute atomic E-state index is 12.8. The number of aromatic nitrogens is 1. The molecule has 0 radical (unpaired) electrons.